The molecule has 22 heavy (non-hydrogen) atoms. The van der Waals surface area contributed by atoms with Gasteiger partial charge in [-0.05, 0) is 25.3 Å². The summed E-state index contributed by atoms with van der Waals surface area (Å²) in [6.45, 7) is 0.290. The quantitative estimate of drug-likeness (QED) is 0.920. The van der Waals surface area contributed by atoms with Crippen LogP contribution in [0.15, 0.2) is 29.3 Å². The minimum absolute atomic E-state index is 0.0276. The largest absolute Gasteiger partial charge is 0.468 e. The molecule has 1 heterocycles. The lowest BCUT2D eigenvalue weighted by Gasteiger charge is -2.42. The highest BCUT2D eigenvalue weighted by atomic mass is 35.5. The van der Waals surface area contributed by atoms with Crippen molar-refractivity contribution in [3.8, 4) is 0 Å². The monoisotopic (exact) mass is 322 g/mol. The van der Waals surface area contributed by atoms with Crippen LogP contribution in [0.25, 0.3) is 0 Å². The Kier molecular flexibility index (Phi) is 4.21. The number of ketones is 1. The number of carbonyl (C=O) groups excluding carboxylic acids is 1. The number of methoxy groups -OCH3 is 1. The van der Waals surface area contributed by atoms with Crippen LogP contribution >= 0.6 is 11.6 Å². The van der Waals surface area contributed by atoms with Gasteiger partial charge in [0.2, 0.25) is 11.7 Å². The fraction of sp³-hybridized carbons (Fsp3) is 0.500. The van der Waals surface area contributed by atoms with Crippen LogP contribution in [0.5, 0.6) is 0 Å². The van der Waals surface area contributed by atoms with Gasteiger partial charge in [-0.2, -0.15) is 0 Å². The number of Topliss-reactive ketones (excluding diaryl/α,β-unsaturated/α-hetero) is 1. The Morgan fingerprint density at radius 3 is 3.05 bits per heavy atom. The molecule has 1 aliphatic heterocycles. The molecule has 1 saturated carbocycles. The van der Waals surface area contributed by atoms with E-state index in [1.807, 2.05) is 18.2 Å². The van der Waals surface area contributed by atoms with Crippen molar-refractivity contribution in [1.82, 2.24) is 0 Å². The van der Waals surface area contributed by atoms with Crippen molar-refractivity contribution < 1.29 is 14.3 Å². The molecule has 1 fully saturated rings. The van der Waals surface area contributed by atoms with Crippen LogP contribution in [0.4, 0.5) is 0 Å². The first-order chi connectivity index (χ1) is 10.6. The number of fused-ring (bicyclic) bond motifs is 2. The molecule has 3 atom stereocenters. The van der Waals surface area contributed by atoms with E-state index in [2.05, 4.69) is 4.99 Å². The zero-order valence-corrected chi connectivity index (χ0v) is 13.2. The minimum Gasteiger partial charge on any atom is -0.468 e. The third-order valence-electron chi connectivity index (χ3n) is 4.25. The van der Waals surface area contributed by atoms with E-state index >= 15 is 0 Å². The first-order valence-electron chi connectivity index (χ1n) is 7.39. The Morgan fingerprint density at radius 1 is 1.55 bits per heavy atom. The average molecular weight is 323 g/mol. The zero-order valence-electron chi connectivity index (χ0n) is 12.4. The van der Waals surface area contributed by atoms with Gasteiger partial charge in [0, 0.05) is 17.7 Å². The van der Waals surface area contributed by atoms with E-state index in [-0.39, 0.29) is 5.78 Å². The summed E-state index contributed by atoms with van der Waals surface area (Å²) >= 11 is 6.33. The second-order valence-corrected chi connectivity index (χ2v) is 6.12. The second-order valence-electron chi connectivity index (χ2n) is 5.71. The lowest BCUT2D eigenvalue weighted by molar-refractivity contribution is -0.137. The Balaban J connectivity index is 2.10. The van der Waals surface area contributed by atoms with Gasteiger partial charge < -0.3 is 15.2 Å². The summed E-state index contributed by atoms with van der Waals surface area (Å²) in [5.41, 5.74) is 5.82. The van der Waals surface area contributed by atoms with Crippen LogP contribution in [-0.2, 0) is 19.8 Å². The number of nitrogens with two attached hydrogens (primary N) is 1. The molecular formula is C16H19ClN2O3. The molecule has 2 N–H and O–H groups in total. The molecule has 6 heteroatoms. The van der Waals surface area contributed by atoms with Crippen LogP contribution in [-0.4, -0.2) is 37.5 Å². The zero-order chi connectivity index (χ0) is 15.7. The fourth-order valence-electron chi connectivity index (χ4n) is 3.19. The lowest BCUT2D eigenvalue weighted by Crippen LogP contribution is -2.54. The molecule has 2 bridgehead atoms. The van der Waals surface area contributed by atoms with Crippen LogP contribution in [0.1, 0.15) is 24.8 Å². The summed E-state index contributed by atoms with van der Waals surface area (Å²) in [5, 5.41) is 0.543. The predicted molar refractivity (Wildman–Crippen MR) is 84.1 cm³/mol. The van der Waals surface area contributed by atoms with E-state index in [0.29, 0.717) is 30.4 Å². The maximum absolute atomic E-state index is 12.8. The van der Waals surface area contributed by atoms with Gasteiger partial charge in [0.1, 0.15) is 6.04 Å². The molecule has 0 unspecified atom stereocenters. The first-order valence-corrected chi connectivity index (χ1v) is 7.76. The molecule has 5 nitrogen and oxygen atoms in total. The Bertz CT molecular complexity index is 619. The molecule has 0 aromatic heterocycles. The number of ether oxygens (including phenoxy) is 2. The molecule has 0 saturated heterocycles. The number of benzene rings is 1. The Hall–Kier alpha value is -1.43. The van der Waals surface area contributed by atoms with Gasteiger partial charge in [0.05, 0.1) is 6.61 Å². The first kappa shape index (κ1) is 15.5. The smallest absolute Gasteiger partial charge is 0.205 e. The Labute approximate surface area is 134 Å². The maximum Gasteiger partial charge on any atom is 0.205 e. The van der Waals surface area contributed by atoms with Crippen LogP contribution in [0, 0.1) is 0 Å². The molecule has 1 aromatic rings. The molecule has 0 radical (unpaired) electrons. The highest BCUT2D eigenvalue weighted by Crippen LogP contribution is 2.44. The number of halogens is 1. The highest BCUT2D eigenvalue weighted by Gasteiger charge is 2.52. The van der Waals surface area contributed by atoms with Crippen molar-refractivity contribution >= 4 is 23.3 Å². The van der Waals surface area contributed by atoms with Crippen molar-refractivity contribution in [3.63, 3.8) is 0 Å². The summed E-state index contributed by atoms with van der Waals surface area (Å²) in [5.74, 6) is 0.353. The van der Waals surface area contributed by atoms with E-state index in [1.54, 1.807) is 13.2 Å². The Morgan fingerprint density at radius 2 is 2.32 bits per heavy atom. The molecule has 0 amide bonds. The molecule has 1 aliphatic carbocycles. The normalized spacial score (nSPS) is 28.8. The predicted octanol–water partition coefficient (Wildman–Crippen LogP) is 2.06. The summed E-state index contributed by atoms with van der Waals surface area (Å²) < 4.78 is 10.8. The van der Waals surface area contributed by atoms with Crippen molar-refractivity contribution in [2.75, 3.05) is 13.7 Å². The third-order valence-corrected chi connectivity index (χ3v) is 4.58. The lowest BCUT2D eigenvalue weighted by atomic mass is 9.74. The van der Waals surface area contributed by atoms with Crippen molar-refractivity contribution in [1.29, 1.82) is 0 Å². The van der Waals surface area contributed by atoms with E-state index in [1.165, 1.54) is 0 Å². The number of rotatable bonds is 4. The minimum atomic E-state index is -0.972. The van der Waals surface area contributed by atoms with E-state index in [0.717, 1.165) is 12.0 Å². The summed E-state index contributed by atoms with van der Waals surface area (Å²) in [7, 11) is 1.57. The van der Waals surface area contributed by atoms with Gasteiger partial charge in [0.15, 0.2) is 11.6 Å². The van der Waals surface area contributed by atoms with Crippen LogP contribution in [0.2, 0.25) is 5.02 Å². The number of nitrogens with zero attached hydrogens (tertiary/aromatic N) is 1. The van der Waals surface area contributed by atoms with Crippen molar-refractivity contribution in [3.05, 3.63) is 34.9 Å². The van der Waals surface area contributed by atoms with Crippen molar-refractivity contribution in [2.24, 2.45) is 10.7 Å². The van der Waals surface area contributed by atoms with E-state index in [9.17, 15) is 4.79 Å². The molecule has 2 aliphatic rings. The maximum atomic E-state index is 12.8. The molecule has 3 rings (SSSR count). The molecular weight excluding hydrogens is 304 g/mol. The van der Waals surface area contributed by atoms with Gasteiger partial charge >= 0.3 is 0 Å². The second kappa shape index (κ2) is 5.99. The highest BCUT2D eigenvalue weighted by molar-refractivity contribution is 6.32. The number of hydrogen-bond acceptors (Lipinski definition) is 5. The number of carbonyl (C=O) groups is 1. The number of hydrogen-bond donors (Lipinski definition) is 1. The van der Waals surface area contributed by atoms with Crippen LogP contribution in [0.3, 0.4) is 0 Å². The third kappa shape index (κ3) is 2.43. The van der Waals surface area contributed by atoms with Crippen molar-refractivity contribution in [2.45, 2.75) is 36.9 Å². The van der Waals surface area contributed by atoms with Crippen LogP contribution < -0.4 is 5.73 Å². The summed E-state index contributed by atoms with van der Waals surface area (Å²) in [6.07, 6.45) is 1.67. The fourth-order valence-corrected chi connectivity index (χ4v) is 3.49. The molecule has 118 valence electrons. The molecule has 1 aromatic carbocycles. The summed E-state index contributed by atoms with van der Waals surface area (Å²) in [6, 6.07) is 6.86. The standard InChI is InChI=1S/C16H19ClN2O3/c1-21-9-12(18)15-19-16(10-5-2-3-6-11(10)17)8-4-7-13(22-15)14(16)20/h2-3,5-6,12-13H,4,7-9,18H2,1H3/t12-,13-,16-/m0/s1. The van der Waals surface area contributed by atoms with Gasteiger partial charge in [0.25, 0.3) is 0 Å². The molecule has 0 spiro atoms. The van der Waals surface area contributed by atoms with E-state index in [4.69, 9.17) is 26.8 Å². The summed E-state index contributed by atoms with van der Waals surface area (Å²) in [4.78, 5) is 17.5. The van der Waals surface area contributed by atoms with Gasteiger partial charge in [-0.25, -0.2) is 4.99 Å². The SMILES string of the molecule is COC[C@H](N)C1=N[C@]2(c3ccccc3Cl)CCC[C@H](O1)C2=O. The van der Waals surface area contributed by atoms with E-state index < -0.39 is 17.7 Å². The number of aliphatic imine (C=N–C) groups is 1. The topological polar surface area (TPSA) is 73.9 Å². The van der Waals surface area contributed by atoms with Gasteiger partial charge in [-0.15, -0.1) is 0 Å². The van der Waals surface area contributed by atoms with Gasteiger partial charge in [-0.1, -0.05) is 29.8 Å². The van der Waals surface area contributed by atoms with Gasteiger partial charge in [-0.3, -0.25) is 4.79 Å². The average Bonchev–Trinajstić information content (AvgIpc) is 2.48.